The van der Waals surface area contributed by atoms with E-state index >= 15 is 0 Å². The topological polar surface area (TPSA) is 74.5 Å². The van der Waals surface area contributed by atoms with Gasteiger partial charge in [-0.3, -0.25) is 9.72 Å². The average Bonchev–Trinajstić information content (AvgIpc) is 3.42. The number of halogens is 3. The molecule has 0 aliphatic heterocycles. The number of aliphatic hydroxyl groups is 1. The van der Waals surface area contributed by atoms with E-state index in [0.717, 1.165) is 47.7 Å². The number of hydrogen-bond donors (Lipinski definition) is 3. The highest BCUT2D eigenvalue weighted by molar-refractivity contribution is 7.16. The number of imidazole rings is 1. The lowest BCUT2D eigenvalue weighted by Gasteiger charge is -2.32. The largest absolute Gasteiger partial charge is 0.434 e. The fourth-order valence-electron chi connectivity index (χ4n) is 4.32. The van der Waals surface area contributed by atoms with E-state index in [1.807, 2.05) is 18.2 Å². The molecule has 3 heterocycles. The Bertz CT molecular complexity index is 1230. The summed E-state index contributed by atoms with van der Waals surface area (Å²) in [4.78, 5) is 8.05. The normalized spacial score (nSPS) is 20.6. The maximum absolute atomic E-state index is 13.0. The zero-order chi connectivity index (χ0) is 22.3. The minimum absolute atomic E-state index is 0.134. The molecule has 0 amide bonds. The van der Waals surface area contributed by atoms with Crippen molar-refractivity contribution in [3.05, 3.63) is 59.4 Å². The molecular formula is C22H22F3N5OS. The number of rotatable bonds is 5. The number of nitrogens with one attached hydrogen (secondary N) is 2. The summed E-state index contributed by atoms with van der Waals surface area (Å²) in [6.07, 6.45) is -0.886. The van der Waals surface area contributed by atoms with Crippen molar-refractivity contribution in [2.24, 2.45) is 0 Å². The lowest BCUT2D eigenvalue weighted by molar-refractivity contribution is -0.140. The molecule has 3 aromatic heterocycles. The first kappa shape index (κ1) is 21.2. The highest BCUT2D eigenvalue weighted by Gasteiger charge is 2.34. The van der Waals surface area contributed by atoms with E-state index in [1.54, 1.807) is 35.0 Å². The average molecular weight is 462 g/mol. The van der Waals surface area contributed by atoms with Gasteiger partial charge in [0.2, 0.25) is 0 Å². The summed E-state index contributed by atoms with van der Waals surface area (Å²) in [7, 11) is 0. The monoisotopic (exact) mass is 461 g/mol. The predicted octanol–water partition coefficient (Wildman–Crippen LogP) is 4.97. The van der Waals surface area contributed by atoms with Crippen LogP contribution < -0.4 is 10.6 Å². The van der Waals surface area contributed by atoms with Crippen LogP contribution in [0.25, 0.3) is 15.9 Å². The van der Waals surface area contributed by atoms with Gasteiger partial charge in [0.25, 0.3) is 0 Å². The molecule has 168 valence electrons. The van der Waals surface area contributed by atoms with Crippen LogP contribution in [-0.4, -0.2) is 31.6 Å². The third-order valence-corrected chi connectivity index (χ3v) is 6.74. The van der Waals surface area contributed by atoms with Gasteiger partial charge in [-0.05, 0) is 43.9 Å². The molecule has 0 spiro atoms. The van der Waals surface area contributed by atoms with E-state index in [-0.39, 0.29) is 17.7 Å². The first-order chi connectivity index (χ1) is 15.4. The van der Waals surface area contributed by atoms with E-state index in [9.17, 15) is 18.3 Å². The van der Waals surface area contributed by atoms with Gasteiger partial charge in [0, 0.05) is 23.8 Å². The summed E-state index contributed by atoms with van der Waals surface area (Å²) in [6, 6.07) is 11.1. The molecule has 6 nitrogen and oxygen atoms in total. The number of pyridine rings is 1. The summed E-state index contributed by atoms with van der Waals surface area (Å²) >= 11 is 1.54. The van der Waals surface area contributed by atoms with Crippen molar-refractivity contribution >= 4 is 33.0 Å². The van der Waals surface area contributed by atoms with E-state index in [0.29, 0.717) is 5.82 Å². The predicted molar refractivity (Wildman–Crippen MR) is 118 cm³/mol. The van der Waals surface area contributed by atoms with Crippen LogP contribution in [0.4, 0.5) is 19.0 Å². The molecule has 0 radical (unpaired) electrons. The molecule has 1 aromatic carbocycles. The molecule has 5 rings (SSSR count). The number of para-hydroxylation sites is 1. The minimum Gasteiger partial charge on any atom is -0.374 e. The molecule has 32 heavy (non-hydrogen) atoms. The number of alkyl halides is 3. The van der Waals surface area contributed by atoms with E-state index in [1.165, 1.54) is 4.40 Å². The van der Waals surface area contributed by atoms with Crippen molar-refractivity contribution < 1.29 is 18.3 Å². The molecule has 0 bridgehead atoms. The maximum Gasteiger partial charge on any atom is 0.434 e. The maximum atomic E-state index is 13.0. The van der Waals surface area contributed by atoms with Crippen LogP contribution in [-0.2, 0) is 6.18 Å². The van der Waals surface area contributed by atoms with Crippen LogP contribution in [0.3, 0.4) is 0 Å². The molecule has 1 unspecified atom stereocenters. The molecule has 1 fully saturated rings. The molecular weight excluding hydrogens is 439 g/mol. The Morgan fingerprint density at radius 3 is 2.59 bits per heavy atom. The van der Waals surface area contributed by atoms with Gasteiger partial charge in [-0.15, -0.1) is 11.3 Å². The molecule has 4 aromatic rings. The first-order valence-corrected chi connectivity index (χ1v) is 11.3. The van der Waals surface area contributed by atoms with Gasteiger partial charge in [0.05, 0.1) is 15.7 Å². The Morgan fingerprint density at radius 2 is 1.81 bits per heavy atom. The quantitative estimate of drug-likeness (QED) is 0.366. The molecule has 1 aliphatic rings. The Labute approximate surface area is 186 Å². The highest BCUT2D eigenvalue weighted by atomic mass is 32.1. The van der Waals surface area contributed by atoms with E-state index in [4.69, 9.17) is 0 Å². The Kier molecular flexibility index (Phi) is 5.52. The summed E-state index contributed by atoms with van der Waals surface area (Å²) in [5.74, 6) is 0.595. The Morgan fingerprint density at radius 1 is 1.06 bits per heavy atom. The summed E-state index contributed by atoms with van der Waals surface area (Å²) in [5.41, 5.74) is 2.73. The molecule has 10 heteroatoms. The number of hydrogen-bond acceptors (Lipinski definition) is 6. The number of fused-ring (bicyclic) bond motifs is 2. The summed E-state index contributed by atoms with van der Waals surface area (Å²) in [5, 5.41) is 17.4. The van der Waals surface area contributed by atoms with Crippen LogP contribution >= 0.6 is 11.3 Å². The van der Waals surface area contributed by atoms with Crippen molar-refractivity contribution in [2.45, 2.75) is 50.2 Å². The molecule has 1 atom stereocenters. The van der Waals surface area contributed by atoms with Crippen molar-refractivity contribution in [3.8, 4) is 0 Å². The molecule has 1 aliphatic carbocycles. The van der Waals surface area contributed by atoms with Gasteiger partial charge in [-0.2, -0.15) is 13.2 Å². The SMILES string of the molecule is OC(NC1CCC(Nc2cccc3nc(C(F)(F)F)cn23)CC1)c1cccc2scnc12. The van der Waals surface area contributed by atoms with Gasteiger partial charge in [0.1, 0.15) is 17.7 Å². The first-order valence-electron chi connectivity index (χ1n) is 10.5. The van der Waals surface area contributed by atoms with Crippen LogP contribution in [0.5, 0.6) is 0 Å². The van der Waals surface area contributed by atoms with Gasteiger partial charge in [-0.1, -0.05) is 18.2 Å². The fourth-order valence-corrected chi connectivity index (χ4v) is 5.03. The second-order valence-corrected chi connectivity index (χ2v) is 8.96. The smallest absolute Gasteiger partial charge is 0.374 e. The zero-order valence-electron chi connectivity index (χ0n) is 17.0. The molecule has 1 saturated carbocycles. The number of aromatic nitrogens is 3. The zero-order valence-corrected chi connectivity index (χ0v) is 17.8. The Balaban J connectivity index is 1.22. The van der Waals surface area contributed by atoms with Crippen LogP contribution in [0.15, 0.2) is 48.1 Å². The minimum atomic E-state index is -4.48. The van der Waals surface area contributed by atoms with E-state index < -0.39 is 18.1 Å². The third-order valence-electron chi connectivity index (χ3n) is 5.94. The lowest BCUT2D eigenvalue weighted by atomic mass is 9.91. The number of aliphatic hydroxyl groups excluding tert-OH is 1. The van der Waals surface area contributed by atoms with Crippen molar-refractivity contribution in [2.75, 3.05) is 5.32 Å². The van der Waals surface area contributed by atoms with Crippen molar-refractivity contribution in [1.82, 2.24) is 19.7 Å². The lowest BCUT2D eigenvalue weighted by Crippen LogP contribution is -2.39. The standard InChI is InChI=1S/C22H22F3N5OS/c23-22(24,25)17-11-30-18(5-2-6-19(30)29-17)27-13-7-9-14(10-8-13)28-21(31)15-3-1-4-16-20(15)26-12-32-16/h1-6,11-14,21,27-28,31H,7-10H2. The second-order valence-electron chi connectivity index (χ2n) is 8.07. The third kappa shape index (κ3) is 4.17. The van der Waals surface area contributed by atoms with Gasteiger partial charge in [0.15, 0.2) is 5.69 Å². The molecule has 0 saturated heterocycles. The summed E-state index contributed by atoms with van der Waals surface area (Å²) < 4.78 is 41.6. The van der Waals surface area contributed by atoms with Crippen LogP contribution in [0.1, 0.15) is 43.2 Å². The van der Waals surface area contributed by atoms with Crippen molar-refractivity contribution in [1.29, 1.82) is 0 Å². The number of thiazole rings is 1. The van der Waals surface area contributed by atoms with Crippen molar-refractivity contribution in [3.63, 3.8) is 0 Å². The van der Waals surface area contributed by atoms with Gasteiger partial charge >= 0.3 is 6.18 Å². The van der Waals surface area contributed by atoms with Gasteiger partial charge in [-0.25, -0.2) is 9.97 Å². The molecule has 3 N–H and O–H groups in total. The number of nitrogens with zero attached hydrogens (tertiary/aromatic N) is 3. The van der Waals surface area contributed by atoms with Crippen LogP contribution in [0.2, 0.25) is 0 Å². The van der Waals surface area contributed by atoms with Gasteiger partial charge < -0.3 is 10.4 Å². The van der Waals surface area contributed by atoms with Crippen LogP contribution in [0, 0.1) is 0 Å². The Hall–Kier alpha value is -2.69. The number of anilines is 1. The highest BCUT2D eigenvalue weighted by Crippen LogP contribution is 2.31. The second kappa shape index (κ2) is 8.34. The number of benzene rings is 1. The fraction of sp³-hybridized carbons (Fsp3) is 0.364. The van der Waals surface area contributed by atoms with E-state index in [2.05, 4.69) is 20.6 Å². The summed E-state index contributed by atoms with van der Waals surface area (Å²) in [6.45, 7) is 0.